The van der Waals surface area contributed by atoms with Crippen LogP contribution >= 0.6 is 11.8 Å². The number of hydrogen-bond acceptors (Lipinski definition) is 4. The van der Waals surface area contributed by atoms with Gasteiger partial charge in [0.2, 0.25) is 5.91 Å². The van der Waals surface area contributed by atoms with Crippen LogP contribution in [-0.4, -0.2) is 55.0 Å². The second-order valence-corrected chi connectivity index (χ2v) is 7.82. The normalized spacial score (nSPS) is 20.7. The molecule has 0 aliphatic carbocycles. The van der Waals surface area contributed by atoms with Gasteiger partial charge in [0.05, 0.1) is 0 Å². The van der Waals surface area contributed by atoms with Crippen LogP contribution in [0.1, 0.15) is 12.5 Å². The summed E-state index contributed by atoms with van der Waals surface area (Å²) in [7, 11) is 0. The van der Waals surface area contributed by atoms with Crippen molar-refractivity contribution in [2.45, 2.75) is 13.3 Å². The molecule has 1 amide bonds. The molecular weight excluding hydrogens is 306 g/mol. The maximum absolute atomic E-state index is 12.2. The first-order valence-electron chi connectivity index (χ1n) is 8.63. The molecule has 2 saturated heterocycles. The van der Waals surface area contributed by atoms with Crippen LogP contribution in [0.5, 0.6) is 0 Å². The van der Waals surface area contributed by atoms with Gasteiger partial charge in [-0.25, -0.2) is 0 Å². The molecule has 2 aliphatic heterocycles. The number of benzene rings is 1. The van der Waals surface area contributed by atoms with Crippen molar-refractivity contribution in [2.24, 2.45) is 11.8 Å². The number of nitrogens with one attached hydrogen (secondary N) is 2. The molecule has 1 aromatic carbocycles. The molecule has 1 atom stereocenters. The number of carbonyl (C=O) groups is 1. The predicted molar refractivity (Wildman–Crippen MR) is 98.1 cm³/mol. The molecule has 2 heterocycles. The standard InChI is InChI=1S/C18H27N3OS/c1-14(16-12-19-13-16)18(22)20-17-4-2-15(3-5-17)6-7-21-8-10-23-11-9-21/h2-5,14,16,19H,6-13H2,1H3,(H,20,22). The summed E-state index contributed by atoms with van der Waals surface area (Å²) in [6.45, 7) is 7.51. The molecule has 4 nitrogen and oxygen atoms in total. The minimum atomic E-state index is 0.0768. The number of nitrogens with zero attached hydrogens (tertiary/aromatic N) is 1. The molecule has 0 radical (unpaired) electrons. The van der Waals surface area contributed by atoms with Crippen molar-refractivity contribution in [3.8, 4) is 0 Å². The molecule has 2 N–H and O–H groups in total. The molecular formula is C18H27N3OS. The van der Waals surface area contributed by atoms with Gasteiger partial charge in [0.1, 0.15) is 0 Å². The Labute approximate surface area is 143 Å². The van der Waals surface area contributed by atoms with E-state index in [0.29, 0.717) is 5.92 Å². The molecule has 2 aliphatic rings. The summed E-state index contributed by atoms with van der Waals surface area (Å²) >= 11 is 2.05. The van der Waals surface area contributed by atoms with E-state index in [-0.39, 0.29) is 11.8 Å². The molecule has 0 aromatic heterocycles. The molecule has 5 heteroatoms. The molecule has 2 fully saturated rings. The van der Waals surface area contributed by atoms with Gasteiger partial charge in [0.15, 0.2) is 0 Å². The van der Waals surface area contributed by atoms with Gasteiger partial charge in [-0.05, 0) is 43.1 Å². The largest absolute Gasteiger partial charge is 0.326 e. The number of hydrogen-bond donors (Lipinski definition) is 2. The van der Waals surface area contributed by atoms with Crippen LogP contribution in [0.3, 0.4) is 0 Å². The van der Waals surface area contributed by atoms with Gasteiger partial charge in [-0.1, -0.05) is 19.1 Å². The predicted octanol–water partition coefficient (Wildman–Crippen LogP) is 2.07. The van der Waals surface area contributed by atoms with E-state index in [1.54, 1.807) is 0 Å². The molecule has 0 bridgehead atoms. The van der Waals surface area contributed by atoms with E-state index in [4.69, 9.17) is 0 Å². The Morgan fingerprint density at radius 3 is 2.61 bits per heavy atom. The van der Waals surface area contributed by atoms with Crippen molar-refractivity contribution < 1.29 is 4.79 Å². The zero-order valence-electron chi connectivity index (χ0n) is 13.9. The van der Waals surface area contributed by atoms with Crippen LogP contribution in [0.2, 0.25) is 0 Å². The molecule has 23 heavy (non-hydrogen) atoms. The first-order chi connectivity index (χ1) is 11.2. The van der Waals surface area contributed by atoms with Crippen molar-refractivity contribution in [2.75, 3.05) is 49.5 Å². The number of carbonyl (C=O) groups excluding carboxylic acids is 1. The van der Waals surface area contributed by atoms with E-state index in [1.807, 2.05) is 19.1 Å². The van der Waals surface area contributed by atoms with Crippen LogP contribution in [0.25, 0.3) is 0 Å². The van der Waals surface area contributed by atoms with Gasteiger partial charge in [-0.3, -0.25) is 4.79 Å². The second-order valence-electron chi connectivity index (χ2n) is 6.60. The van der Waals surface area contributed by atoms with E-state index >= 15 is 0 Å². The Hall–Kier alpha value is -1.04. The van der Waals surface area contributed by atoms with Crippen molar-refractivity contribution >= 4 is 23.4 Å². The highest BCUT2D eigenvalue weighted by atomic mass is 32.2. The second kappa shape index (κ2) is 8.18. The topological polar surface area (TPSA) is 44.4 Å². The van der Waals surface area contributed by atoms with E-state index < -0.39 is 0 Å². The van der Waals surface area contributed by atoms with Gasteiger partial charge < -0.3 is 15.5 Å². The summed E-state index contributed by atoms with van der Waals surface area (Å²) < 4.78 is 0. The lowest BCUT2D eigenvalue weighted by atomic mass is 9.88. The summed E-state index contributed by atoms with van der Waals surface area (Å²) in [6.07, 6.45) is 1.09. The quantitative estimate of drug-likeness (QED) is 0.836. The third-order valence-corrected chi connectivity index (χ3v) is 5.92. The fraction of sp³-hybridized carbons (Fsp3) is 0.611. The lowest BCUT2D eigenvalue weighted by molar-refractivity contribution is -0.121. The van der Waals surface area contributed by atoms with Crippen LogP contribution in [0.15, 0.2) is 24.3 Å². The lowest BCUT2D eigenvalue weighted by Gasteiger charge is -2.31. The van der Waals surface area contributed by atoms with E-state index in [0.717, 1.165) is 31.7 Å². The van der Waals surface area contributed by atoms with Crippen LogP contribution in [0.4, 0.5) is 5.69 Å². The van der Waals surface area contributed by atoms with Crippen molar-refractivity contribution in [1.82, 2.24) is 10.2 Å². The Bertz CT molecular complexity index is 510. The molecule has 0 spiro atoms. The highest BCUT2D eigenvalue weighted by molar-refractivity contribution is 7.99. The Morgan fingerprint density at radius 1 is 1.30 bits per heavy atom. The number of thioether (sulfide) groups is 1. The Balaban J connectivity index is 1.45. The molecule has 1 unspecified atom stereocenters. The monoisotopic (exact) mass is 333 g/mol. The third-order valence-electron chi connectivity index (χ3n) is 4.98. The fourth-order valence-electron chi connectivity index (χ4n) is 3.00. The first kappa shape index (κ1) is 16.8. The average Bonchev–Trinajstić information content (AvgIpc) is 2.53. The minimum absolute atomic E-state index is 0.0768. The molecule has 126 valence electrons. The summed E-state index contributed by atoms with van der Waals surface area (Å²) in [6, 6.07) is 8.35. The SMILES string of the molecule is CC(C(=O)Nc1ccc(CCN2CCSCC2)cc1)C1CNC1. The summed E-state index contributed by atoms with van der Waals surface area (Å²) in [5, 5.41) is 6.27. The first-order valence-corrected chi connectivity index (χ1v) is 9.78. The maximum atomic E-state index is 12.2. The van der Waals surface area contributed by atoms with E-state index in [1.165, 1.54) is 30.2 Å². The van der Waals surface area contributed by atoms with Gasteiger partial charge in [0, 0.05) is 42.7 Å². The van der Waals surface area contributed by atoms with Gasteiger partial charge in [-0.2, -0.15) is 11.8 Å². The highest BCUT2D eigenvalue weighted by Gasteiger charge is 2.28. The molecule has 0 saturated carbocycles. The number of amides is 1. The summed E-state index contributed by atoms with van der Waals surface area (Å²) in [5.41, 5.74) is 2.25. The van der Waals surface area contributed by atoms with Gasteiger partial charge in [-0.15, -0.1) is 0 Å². The third kappa shape index (κ3) is 4.72. The smallest absolute Gasteiger partial charge is 0.227 e. The van der Waals surface area contributed by atoms with Crippen LogP contribution in [-0.2, 0) is 11.2 Å². The van der Waals surface area contributed by atoms with Crippen molar-refractivity contribution in [3.63, 3.8) is 0 Å². The number of anilines is 1. The van der Waals surface area contributed by atoms with E-state index in [2.05, 4.69) is 39.4 Å². The van der Waals surface area contributed by atoms with Crippen LogP contribution < -0.4 is 10.6 Å². The maximum Gasteiger partial charge on any atom is 0.227 e. The van der Waals surface area contributed by atoms with E-state index in [9.17, 15) is 4.79 Å². The number of rotatable bonds is 6. The van der Waals surface area contributed by atoms with Crippen molar-refractivity contribution in [3.05, 3.63) is 29.8 Å². The Morgan fingerprint density at radius 2 is 2.00 bits per heavy atom. The zero-order valence-corrected chi connectivity index (χ0v) is 14.7. The van der Waals surface area contributed by atoms with Gasteiger partial charge in [0.25, 0.3) is 0 Å². The molecule has 3 rings (SSSR count). The summed E-state index contributed by atoms with van der Waals surface area (Å²) in [5.74, 6) is 3.22. The van der Waals surface area contributed by atoms with Gasteiger partial charge >= 0.3 is 0 Å². The average molecular weight is 334 g/mol. The highest BCUT2D eigenvalue weighted by Crippen LogP contribution is 2.19. The van der Waals surface area contributed by atoms with Crippen molar-refractivity contribution in [1.29, 1.82) is 0 Å². The summed E-state index contributed by atoms with van der Waals surface area (Å²) in [4.78, 5) is 14.8. The Kier molecular flexibility index (Phi) is 5.97. The van der Waals surface area contributed by atoms with Crippen LogP contribution in [0, 0.1) is 11.8 Å². The fourth-order valence-corrected chi connectivity index (χ4v) is 3.98. The molecule has 1 aromatic rings. The minimum Gasteiger partial charge on any atom is -0.326 e. The zero-order chi connectivity index (χ0) is 16.1. The lowest BCUT2D eigenvalue weighted by Crippen LogP contribution is -2.48.